The van der Waals surface area contributed by atoms with E-state index in [-0.39, 0.29) is 0 Å². The molecular weight excluding hydrogens is 218 g/mol. The van der Waals surface area contributed by atoms with E-state index < -0.39 is 0 Å². The Kier molecular flexibility index (Phi) is 8.00. The topological polar surface area (TPSA) is 23.8 Å². The Morgan fingerprint density at radius 1 is 1.28 bits per heavy atom. The van der Waals surface area contributed by atoms with E-state index in [0.717, 1.165) is 18.4 Å². The van der Waals surface area contributed by atoms with Crippen LogP contribution in [-0.4, -0.2) is 0 Å². The second kappa shape index (κ2) is 8.35. The molecule has 0 bridgehead atoms. The van der Waals surface area contributed by atoms with Crippen molar-refractivity contribution in [1.29, 1.82) is 5.26 Å². The van der Waals surface area contributed by atoms with Gasteiger partial charge >= 0.3 is 0 Å². The van der Waals surface area contributed by atoms with Crippen molar-refractivity contribution in [1.82, 2.24) is 0 Å². The number of hydrogen-bond donors (Lipinski definition) is 0. The van der Waals surface area contributed by atoms with Crippen molar-refractivity contribution in [2.75, 3.05) is 0 Å². The molecule has 1 heteroatoms. The van der Waals surface area contributed by atoms with Gasteiger partial charge in [0, 0.05) is 5.57 Å². The van der Waals surface area contributed by atoms with Crippen LogP contribution in [0.1, 0.15) is 73.6 Å². The number of rotatable bonds is 8. The van der Waals surface area contributed by atoms with Crippen LogP contribution in [0.5, 0.6) is 0 Å². The summed E-state index contributed by atoms with van der Waals surface area (Å²) in [6.45, 7) is 13.6. The van der Waals surface area contributed by atoms with Gasteiger partial charge in [-0.25, -0.2) is 0 Å². The van der Waals surface area contributed by atoms with Crippen LogP contribution in [-0.2, 0) is 0 Å². The molecule has 0 rings (SSSR count). The molecule has 0 N–H and O–H groups in total. The first-order valence-corrected chi connectivity index (χ1v) is 7.50. The number of allylic oxidation sites excluding steroid dienone is 2. The van der Waals surface area contributed by atoms with Crippen molar-refractivity contribution in [2.24, 2.45) is 17.3 Å². The second-order valence-electron chi connectivity index (χ2n) is 6.23. The molecule has 0 spiro atoms. The Labute approximate surface area is 114 Å². The van der Waals surface area contributed by atoms with Crippen LogP contribution in [0.2, 0.25) is 0 Å². The third kappa shape index (κ3) is 5.71. The molecule has 0 saturated carbocycles. The van der Waals surface area contributed by atoms with Crippen molar-refractivity contribution >= 4 is 0 Å². The third-order valence-corrected chi connectivity index (χ3v) is 4.54. The normalized spacial score (nSPS) is 17.3. The lowest BCUT2D eigenvalue weighted by molar-refractivity contribution is 0.191. The van der Waals surface area contributed by atoms with E-state index in [2.05, 4.69) is 53.7 Å². The Morgan fingerprint density at radius 3 is 2.28 bits per heavy atom. The zero-order valence-electron chi connectivity index (χ0n) is 13.2. The lowest BCUT2D eigenvalue weighted by Gasteiger charge is -2.32. The molecule has 0 aromatic rings. The average Bonchev–Trinajstić information content (AvgIpc) is 2.33. The Hall–Kier alpha value is -0.770. The summed E-state index contributed by atoms with van der Waals surface area (Å²) < 4.78 is 0. The minimum Gasteiger partial charge on any atom is -0.193 e. The van der Waals surface area contributed by atoms with Gasteiger partial charge in [0.2, 0.25) is 0 Å². The molecule has 18 heavy (non-hydrogen) atoms. The molecule has 0 aliphatic rings. The Morgan fingerprint density at radius 2 is 1.89 bits per heavy atom. The standard InChI is InChI=1S/C17H31N/c1-7-9-15(5)12-16(13-18)10-11-17(6,8-2)14(3)4/h12,14-15H,7-11H2,1-6H3/b16-12-/t15?,17-/m0/s1. The molecule has 1 nitrogen and oxygen atoms in total. The van der Waals surface area contributed by atoms with Crippen molar-refractivity contribution in [2.45, 2.75) is 73.6 Å². The maximum absolute atomic E-state index is 9.23. The van der Waals surface area contributed by atoms with E-state index in [0.29, 0.717) is 17.3 Å². The number of nitrogens with zero attached hydrogens (tertiary/aromatic N) is 1. The summed E-state index contributed by atoms with van der Waals surface area (Å²) in [6, 6.07) is 2.39. The highest BCUT2D eigenvalue weighted by molar-refractivity contribution is 5.21. The summed E-state index contributed by atoms with van der Waals surface area (Å²) in [5.74, 6) is 1.21. The lowest BCUT2D eigenvalue weighted by atomic mass is 9.73. The zero-order valence-corrected chi connectivity index (χ0v) is 13.2. The van der Waals surface area contributed by atoms with Crippen LogP contribution in [0.3, 0.4) is 0 Å². The highest BCUT2D eigenvalue weighted by atomic mass is 14.3. The monoisotopic (exact) mass is 249 g/mol. The zero-order chi connectivity index (χ0) is 14.2. The Bertz CT molecular complexity index is 295. The first kappa shape index (κ1) is 17.2. The fourth-order valence-corrected chi connectivity index (χ4v) is 2.35. The van der Waals surface area contributed by atoms with E-state index >= 15 is 0 Å². The molecular formula is C17H31N. The van der Waals surface area contributed by atoms with Gasteiger partial charge in [-0.15, -0.1) is 0 Å². The van der Waals surface area contributed by atoms with E-state index in [4.69, 9.17) is 0 Å². The maximum Gasteiger partial charge on any atom is 0.0943 e. The first-order chi connectivity index (χ1) is 8.39. The predicted octanol–water partition coefficient (Wildman–Crippen LogP) is 5.73. The summed E-state index contributed by atoms with van der Waals surface area (Å²) in [7, 11) is 0. The molecule has 0 amide bonds. The molecule has 104 valence electrons. The highest BCUT2D eigenvalue weighted by Gasteiger charge is 2.26. The quantitative estimate of drug-likeness (QED) is 0.504. The summed E-state index contributed by atoms with van der Waals surface area (Å²) in [5.41, 5.74) is 1.35. The van der Waals surface area contributed by atoms with Gasteiger partial charge in [-0.3, -0.25) is 0 Å². The van der Waals surface area contributed by atoms with Crippen LogP contribution in [0.25, 0.3) is 0 Å². The van der Waals surface area contributed by atoms with Crippen LogP contribution < -0.4 is 0 Å². The molecule has 0 saturated heterocycles. The molecule has 0 radical (unpaired) electrons. The van der Waals surface area contributed by atoms with Crippen molar-refractivity contribution in [3.8, 4) is 6.07 Å². The van der Waals surface area contributed by atoms with Gasteiger partial charge in [0.1, 0.15) is 0 Å². The second-order valence-corrected chi connectivity index (χ2v) is 6.23. The first-order valence-electron chi connectivity index (χ1n) is 7.50. The molecule has 1 unspecified atom stereocenters. The lowest BCUT2D eigenvalue weighted by Crippen LogP contribution is -2.22. The van der Waals surface area contributed by atoms with Crippen LogP contribution in [0, 0.1) is 28.6 Å². The van der Waals surface area contributed by atoms with E-state index in [1.165, 1.54) is 19.3 Å². The highest BCUT2D eigenvalue weighted by Crippen LogP contribution is 2.36. The average molecular weight is 249 g/mol. The van der Waals surface area contributed by atoms with Gasteiger partial charge in [0.15, 0.2) is 0 Å². The minimum absolute atomic E-state index is 0.365. The number of hydrogen-bond acceptors (Lipinski definition) is 1. The summed E-state index contributed by atoms with van der Waals surface area (Å²) in [4.78, 5) is 0. The summed E-state index contributed by atoms with van der Waals surface area (Å²) in [5, 5.41) is 9.23. The fraction of sp³-hybridized carbons (Fsp3) is 0.824. The minimum atomic E-state index is 0.365. The van der Waals surface area contributed by atoms with Crippen LogP contribution in [0.4, 0.5) is 0 Å². The molecule has 0 aliphatic carbocycles. The van der Waals surface area contributed by atoms with E-state index in [1.807, 2.05) is 0 Å². The van der Waals surface area contributed by atoms with Gasteiger partial charge in [0.05, 0.1) is 6.07 Å². The molecule has 0 aromatic heterocycles. The maximum atomic E-state index is 9.23. The smallest absolute Gasteiger partial charge is 0.0943 e. The van der Waals surface area contributed by atoms with Gasteiger partial charge in [-0.2, -0.15) is 5.26 Å². The van der Waals surface area contributed by atoms with Crippen molar-refractivity contribution < 1.29 is 0 Å². The molecule has 0 heterocycles. The fourth-order valence-electron chi connectivity index (χ4n) is 2.35. The van der Waals surface area contributed by atoms with Crippen molar-refractivity contribution in [3.63, 3.8) is 0 Å². The van der Waals surface area contributed by atoms with Gasteiger partial charge in [-0.05, 0) is 36.5 Å². The van der Waals surface area contributed by atoms with Gasteiger partial charge in [-0.1, -0.05) is 60.5 Å². The van der Waals surface area contributed by atoms with E-state index in [9.17, 15) is 5.26 Å². The molecule has 0 aliphatic heterocycles. The third-order valence-electron chi connectivity index (χ3n) is 4.54. The SMILES string of the molecule is CCCC(C)/C=C(\C#N)CC[C@](C)(CC)C(C)C. The predicted molar refractivity (Wildman–Crippen MR) is 80.2 cm³/mol. The van der Waals surface area contributed by atoms with E-state index in [1.54, 1.807) is 0 Å². The van der Waals surface area contributed by atoms with Crippen molar-refractivity contribution in [3.05, 3.63) is 11.6 Å². The molecule has 0 fully saturated rings. The van der Waals surface area contributed by atoms with Crippen LogP contribution >= 0.6 is 0 Å². The van der Waals surface area contributed by atoms with Gasteiger partial charge < -0.3 is 0 Å². The van der Waals surface area contributed by atoms with Crippen LogP contribution in [0.15, 0.2) is 11.6 Å². The summed E-state index contributed by atoms with van der Waals surface area (Å²) in [6.07, 6.45) is 7.80. The molecule has 0 aromatic carbocycles. The Balaban J connectivity index is 4.53. The number of nitriles is 1. The van der Waals surface area contributed by atoms with Gasteiger partial charge in [0.25, 0.3) is 0 Å². The largest absolute Gasteiger partial charge is 0.193 e. The summed E-state index contributed by atoms with van der Waals surface area (Å²) >= 11 is 0. The molecule has 2 atom stereocenters.